The molecule has 0 aliphatic carbocycles. The molecule has 86 valence electrons. The molecule has 0 bridgehead atoms. The Hall–Kier alpha value is -1.41. The standard InChI is InChI=1S/C14H19NO/c1-3-12(2)9-14(16)11-15-10-13-7-5-4-6-8-13/h4-8,15H,2-3,9-11H2,1H3. The van der Waals surface area contributed by atoms with E-state index in [4.69, 9.17) is 0 Å². The lowest BCUT2D eigenvalue weighted by molar-refractivity contribution is -0.117. The number of hydrogen-bond acceptors (Lipinski definition) is 2. The van der Waals surface area contributed by atoms with Crippen LogP contribution in [0.4, 0.5) is 0 Å². The van der Waals surface area contributed by atoms with E-state index in [0.717, 1.165) is 18.5 Å². The molecule has 0 saturated heterocycles. The third-order valence-electron chi connectivity index (χ3n) is 2.44. The van der Waals surface area contributed by atoms with Crippen molar-refractivity contribution in [1.82, 2.24) is 5.32 Å². The number of nitrogens with one attached hydrogen (secondary N) is 1. The van der Waals surface area contributed by atoms with Gasteiger partial charge in [-0.05, 0) is 12.0 Å². The first-order valence-corrected chi connectivity index (χ1v) is 5.65. The molecule has 0 saturated carbocycles. The molecule has 1 aromatic rings. The van der Waals surface area contributed by atoms with Gasteiger partial charge in [-0.2, -0.15) is 0 Å². The molecule has 2 heteroatoms. The topological polar surface area (TPSA) is 29.1 Å². The second-order valence-corrected chi connectivity index (χ2v) is 3.91. The summed E-state index contributed by atoms with van der Waals surface area (Å²) >= 11 is 0. The van der Waals surface area contributed by atoms with Gasteiger partial charge in [0.15, 0.2) is 5.78 Å². The molecule has 0 amide bonds. The largest absolute Gasteiger partial charge is 0.306 e. The van der Waals surface area contributed by atoms with Crippen LogP contribution in [0.1, 0.15) is 25.3 Å². The molecule has 0 aromatic heterocycles. The second kappa shape index (κ2) is 6.96. The minimum atomic E-state index is 0.211. The highest BCUT2D eigenvalue weighted by molar-refractivity contribution is 5.82. The number of Topliss-reactive ketones (excluding diaryl/α,β-unsaturated/α-hetero) is 1. The summed E-state index contributed by atoms with van der Waals surface area (Å²) in [7, 11) is 0. The first-order valence-electron chi connectivity index (χ1n) is 5.65. The molecule has 0 aliphatic rings. The SMILES string of the molecule is C=C(CC)CC(=O)CNCc1ccccc1. The Morgan fingerprint density at radius 3 is 2.62 bits per heavy atom. The van der Waals surface area contributed by atoms with Gasteiger partial charge in [-0.1, -0.05) is 49.4 Å². The van der Waals surface area contributed by atoms with Crippen molar-refractivity contribution >= 4 is 5.78 Å². The van der Waals surface area contributed by atoms with Crippen LogP contribution in [0.25, 0.3) is 0 Å². The molecule has 1 N–H and O–H groups in total. The molecule has 0 aliphatic heterocycles. The molecule has 16 heavy (non-hydrogen) atoms. The van der Waals surface area contributed by atoms with E-state index in [1.165, 1.54) is 5.56 Å². The quantitative estimate of drug-likeness (QED) is 0.711. The molecule has 2 nitrogen and oxygen atoms in total. The number of hydrogen-bond donors (Lipinski definition) is 1. The average molecular weight is 217 g/mol. The monoisotopic (exact) mass is 217 g/mol. The van der Waals surface area contributed by atoms with Gasteiger partial charge in [-0.25, -0.2) is 0 Å². The van der Waals surface area contributed by atoms with Crippen molar-refractivity contribution in [3.05, 3.63) is 48.0 Å². The third kappa shape index (κ3) is 4.89. The smallest absolute Gasteiger partial charge is 0.150 e. The number of allylic oxidation sites excluding steroid dienone is 1. The van der Waals surface area contributed by atoms with Gasteiger partial charge < -0.3 is 5.32 Å². The van der Waals surface area contributed by atoms with E-state index in [0.29, 0.717) is 13.0 Å². The van der Waals surface area contributed by atoms with Crippen LogP contribution in [0.15, 0.2) is 42.5 Å². The van der Waals surface area contributed by atoms with Gasteiger partial charge >= 0.3 is 0 Å². The molecule has 0 atom stereocenters. The van der Waals surface area contributed by atoms with Gasteiger partial charge in [0.05, 0.1) is 6.54 Å². The lowest BCUT2D eigenvalue weighted by atomic mass is 10.1. The van der Waals surface area contributed by atoms with Crippen LogP contribution in [0, 0.1) is 0 Å². The van der Waals surface area contributed by atoms with Crippen molar-refractivity contribution in [2.45, 2.75) is 26.3 Å². The van der Waals surface area contributed by atoms with Crippen LogP contribution in [-0.2, 0) is 11.3 Å². The fourth-order valence-corrected chi connectivity index (χ4v) is 1.41. The lowest BCUT2D eigenvalue weighted by Gasteiger charge is -2.05. The van der Waals surface area contributed by atoms with E-state index in [1.807, 2.05) is 37.3 Å². The van der Waals surface area contributed by atoms with Crippen LogP contribution >= 0.6 is 0 Å². The fourth-order valence-electron chi connectivity index (χ4n) is 1.41. The summed E-state index contributed by atoms with van der Waals surface area (Å²) in [6.07, 6.45) is 1.38. The van der Waals surface area contributed by atoms with E-state index in [9.17, 15) is 4.79 Å². The van der Waals surface area contributed by atoms with Gasteiger partial charge in [0.1, 0.15) is 0 Å². The summed E-state index contributed by atoms with van der Waals surface area (Å²) in [5, 5.41) is 3.14. The van der Waals surface area contributed by atoms with Crippen molar-refractivity contribution in [2.75, 3.05) is 6.54 Å². The molecule has 0 spiro atoms. The summed E-state index contributed by atoms with van der Waals surface area (Å²) in [5.74, 6) is 0.211. The Kier molecular flexibility index (Phi) is 5.51. The van der Waals surface area contributed by atoms with Gasteiger partial charge in [-0.3, -0.25) is 4.79 Å². The first-order chi connectivity index (χ1) is 7.72. The Balaban J connectivity index is 2.21. The van der Waals surface area contributed by atoms with Gasteiger partial charge in [-0.15, -0.1) is 0 Å². The molecule has 1 aromatic carbocycles. The minimum Gasteiger partial charge on any atom is -0.306 e. The van der Waals surface area contributed by atoms with Crippen molar-refractivity contribution in [3.8, 4) is 0 Å². The number of ketones is 1. The number of benzene rings is 1. The fraction of sp³-hybridized carbons (Fsp3) is 0.357. The van der Waals surface area contributed by atoms with Crippen molar-refractivity contribution < 1.29 is 4.79 Å². The zero-order chi connectivity index (χ0) is 11.8. The van der Waals surface area contributed by atoms with Crippen LogP contribution in [0.5, 0.6) is 0 Å². The Labute approximate surface area is 97.4 Å². The molecule has 0 unspecified atom stereocenters. The maximum absolute atomic E-state index is 11.5. The number of carbonyl (C=O) groups is 1. The van der Waals surface area contributed by atoms with Gasteiger partial charge in [0.2, 0.25) is 0 Å². The van der Waals surface area contributed by atoms with Gasteiger partial charge in [0, 0.05) is 13.0 Å². The van der Waals surface area contributed by atoms with Crippen LogP contribution in [0.3, 0.4) is 0 Å². The normalized spacial score (nSPS) is 10.1. The maximum atomic E-state index is 11.5. The summed E-state index contributed by atoms with van der Waals surface area (Å²) in [6.45, 7) is 7.02. The summed E-state index contributed by atoms with van der Waals surface area (Å²) < 4.78 is 0. The predicted molar refractivity (Wildman–Crippen MR) is 67.2 cm³/mol. The molecular weight excluding hydrogens is 198 g/mol. The highest BCUT2D eigenvalue weighted by Gasteiger charge is 2.02. The van der Waals surface area contributed by atoms with E-state index in [-0.39, 0.29) is 5.78 Å². The number of rotatable bonds is 7. The second-order valence-electron chi connectivity index (χ2n) is 3.91. The molecule has 0 radical (unpaired) electrons. The zero-order valence-corrected chi connectivity index (χ0v) is 9.83. The minimum absolute atomic E-state index is 0.211. The zero-order valence-electron chi connectivity index (χ0n) is 9.83. The van der Waals surface area contributed by atoms with Crippen molar-refractivity contribution in [2.24, 2.45) is 0 Å². The van der Waals surface area contributed by atoms with Crippen LogP contribution in [-0.4, -0.2) is 12.3 Å². The van der Waals surface area contributed by atoms with Crippen molar-refractivity contribution in [1.29, 1.82) is 0 Å². The summed E-state index contributed by atoms with van der Waals surface area (Å²) in [4.78, 5) is 11.5. The maximum Gasteiger partial charge on any atom is 0.150 e. The molecule has 1 rings (SSSR count). The summed E-state index contributed by atoms with van der Waals surface area (Å²) in [5.41, 5.74) is 2.20. The van der Waals surface area contributed by atoms with Crippen LogP contribution in [0.2, 0.25) is 0 Å². The molecule has 0 fully saturated rings. The average Bonchev–Trinajstić information content (AvgIpc) is 2.30. The van der Waals surface area contributed by atoms with Gasteiger partial charge in [0.25, 0.3) is 0 Å². The summed E-state index contributed by atoms with van der Waals surface area (Å²) in [6, 6.07) is 10.1. The highest BCUT2D eigenvalue weighted by atomic mass is 16.1. The number of carbonyl (C=O) groups excluding carboxylic acids is 1. The Morgan fingerprint density at radius 2 is 2.00 bits per heavy atom. The van der Waals surface area contributed by atoms with E-state index < -0.39 is 0 Å². The lowest BCUT2D eigenvalue weighted by Crippen LogP contribution is -2.22. The van der Waals surface area contributed by atoms with E-state index in [2.05, 4.69) is 11.9 Å². The third-order valence-corrected chi connectivity index (χ3v) is 2.44. The molecule has 0 heterocycles. The van der Waals surface area contributed by atoms with E-state index in [1.54, 1.807) is 0 Å². The molecular formula is C14H19NO. The first kappa shape index (κ1) is 12.7. The van der Waals surface area contributed by atoms with Crippen molar-refractivity contribution in [3.63, 3.8) is 0 Å². The van der Waals surface area contributed by atoms with Crippen LogP contribution < -0.4 is 5.32 Å². The predicted octanol–water partition coefficient (Wildman–Crippen LogP) is 2.70. The Bertz CT molecular complexity index is 343. The Morgan fingerprint density at radius 1 is 1.31 bits per heavy atom. The van der Waals surface area contributed by atoms with E-state index >= 15 is 0 Å². The highest BCUT2D eigenvalue weighted by Crippen LogP contribution is 2.03.